The Kier molecular flexibility index (Phi) is 6.90. The number of hydrogen-bond donors (Lipinski definition) is 0. The highest BCUT2D eigenvalue weighted by molar-refractivity contribution is 6.20. The molecule has 11 aromatic rings. The van der Waals surface area contributed by atoms with Crippen molar-refractivity contribution in [2.45, 2.75) is 0 Å². The Bertz CT molecular complexity index is 3190. The summed E-state index contributed by atoms with van der Waals surface area (Å²) in [4.78, 5) is 2.32. The van der Waals surface area contributed by atoms with Crippen LogP contribution in [0.25, 0.3) is 87.3 Å². The predicted molar refractivity (Wildman–Crippen MR) is 229 cm³/mol. The van der Waals surface area contributed by atoms with E-state index in [4.69, 9.17) is 4.42 Å². The molecule has 0 aliphatic rings. The number of fused-ring (bicyclic) bond motifs is 10. The fraction of sp³-hybridized carbons (Fsp3) is 0. The zero-order valence-electron chi connectivity index (χ0n) is 29.4. The first-order valence-electron chi connectivity index (χ1n) is 18.5. The summed E-state index contributed by atoms with van der Waals surface area (Å²) < 4.78 is 6.64. The maximum Gasteiger partial charge on any atom is 0.143 e. The first kappa shape index (κ1) is 30.5. The van der Waals surface area contributed by atoms with Gasteiger partial charge in [-0.1, -0.05) is 146 Å². The molecule has 10 aromatic carbocycles. The van der Waals surface area contributed by atoms with Crippen molar-refractivity contribution >= 4 is 82.1 Å². The highest BCUT2D eigenvalue weighted by Gasteiger charge is 2.17. The van der Waals surface area contributed by atoms with Crippen LogP contribution < -0.4 is 4.90 Å². The fourth-order valence-corrected chi connectivity index (χ4v) is 8.33. The second-order valence-electron chi connectivity index (χ2n) is 14.1. The zero-order valence-corrected chi connectivity index (χ0v) is 29.4. The molecule has 0 unspecified atom stereocenters. The van der Waals surface area contributed by atoms with Gasteiger partial charge in [0.05, 0.1) is 0 Å². The number of furan rings is 1. The number of benzene rings is 10. The largest absolute Gasteiger partial charge is 0.455 e. The highest BCUT2D eigenvalue weighted by Crippen LogP contribution is 2.41. The van der Waals surface area contributed by atoms with Gasteiger partial charge in [-0.15, -0.1) is 0 Å². The van der Waals surface area contributed by atoms with E-state index in [0.717, 1.165) is 44.4 Å². The van der Waals surface area contributed by atoms with Crippen LogP contribution in [0.2, 0.25) is 0 Å². The maximum atomic E-state index is 6.64. The fourth-order valence-electron chi connectivity index (χ4n) is 8.33. The normalized spacial score (nSPS) is 11.7. The molecule has 0 saturated heterocycles. The number of rotatable bonds is 5. The zero-order chi connectivity index (χ0) is 35.6. The summed E-state index contributed by atoms with van der Waals surface area (Å²) in [6.07, 6.45) is 0. The van der Waals surface area contributed by atoms with E-state index in [2.05, 4.69) is 205 Å². The lowest BCUT2D eigenvalue weighted by atomic mass is 9.94. The number of anilines is 3. The van der Waals surface area contributed by atoms with Crippen molar-refractivity contribution in [2.24, 2.45) is 0 Å². The van der Waals surface area contributed by atoms with Gasteiger partial charge in [-0.2, -0.15) is 0 Å². The SMILES string of the molecule is c1ccc(-c2ccc(N(c3ccc(-c4ccc5c(ccc6ccc7ccccc7c65)c4)cc3)c3ccc4c(c3)oc3c5ccccc5ccc43)cc2)cc1. The van der Waals surface area contributed by atoms with Gasteiger partial charge in [0.2, 0.25) is 0 Å². The quantitative estimate of drug-likeness (QED) is 0.168. The van der Waals surface area contributed by atoms with Crippen LogP contribution in [0.15, 0.2) is 205 Å². The molecule has 252 valence electrons. The van der Waals surface area contributed by atoms with Crippen molar-refractivity contribution in [1.29, 1.82) is 0 Å². The summed E-state index contributed by atoms with van der Waals surface area (Å²) in [5, 5.41) is 12.2. The van der Waals surface area contributed by atoms with Crippen LogP contribution in [0.1, 0.15) is 0 Å². The van der Waals surface area contributed by atoms with Gasteiger partial charge in [-0.3, -0.25) is 0 Å². The Balaban J connectivity index is 1.01. The average Bonchev–Trinajstić information content (AvgIpc) is 3.63. The van der Waals surface area contributed by atoms with Gasteiger partial charge in [0.15, 0.2) is 0 Å². The molecule has 0 aliphatic carbocycles. The van der Waals surface area contributed by atoms with Crippen LogP contribution in [0.4, 0.5) is 17.1 Å². The van der Waals surface area contributed by atoms with Gasteiger partial charge in [0, 0.05) is 39.3 Å². The Morgan fingerprint density at radius 3 is 1.56 bits per heavy atom. The van der Waals surface area contributed by atoms with Crippen LogP contribution in [-0.4, -0.2) is 0 Å². The molecule has 0 atom stereocenters. The Morgan fingerprint density at radius 1 is 0.296 bits per heavy atom. The van der Waals surface area contributed by atoms with Gasteiger partial charge < -0.3 is 9.32 Å². The lowest BCUT2D eigenvalue weighted by Crippen LogP contribution is -2.09. The number of hydrogen-bond acceptors (Lipinski definition) is 2. The molecule has 0 N–H and O–H groups in total. The van der Waals surface area contributed by atoms with E-state index in [1.807, 2.05) is 0 Å². The van der Waals surface area contributed by atoms with Crippen molar-refractivity contribution in [3.05, 3.63) is 200 Å². The van der Waals surface area contributed by atoms with E-state index < -0.39 is 0 Å². The highest BCUT2D eigenvalue weighted by atomic mass is 16.3. The minimum Gasteiger partial charge on any atom is -0.455 e. The average molecular weight is 688 g/mol. The van der Waals surface area contributed by atoms with Gasteiger partial charge in [0.1, 0.15) is 11.2 Å². The molecule has 0 aliphatic heterocycles. The van der Waals surface area contributed by atoms with Crippen molar-refractivity contribution in [1.82, 2.24) is 0 Å². The summed E-state index contributed by atoms with van der Waals surface area (Å²) in [6.45, 7) is 0. The predicted octanol–water partition coefficient (Wildman–Crippen LogP) is 15.0. The van der Waals surface area contributed by atoms with E-state index >= 15 is 0 Å². The van der Waals surface area contributed by atoms with E-state index in [0.29, 0.717) is 0 Å². The van der Waals surface area contributed by atoms with Crippen molar-refractivity contribution in [2.75, 3.05) is 4.90 Å². The Hall–Kier alpha value is -7.16. The van der Waals surface area contributed by atoms with E-state index in [9.17, 15) is 0 Å². The van der Waals surface area contributed by atoms with Crippen molar-refractivity contribution < 1.29 is 4.42 Å². The molecule has 0 radical (unpaired) electrons. The van der Waals surface area contributed by atoms with Gasteiger partial charge in [-0.05, 0) is 108 Å². The molecule has 2 heteroatoms. The van der Waals surface area contributed by atoms with Crippen LogP contribution in [0, 0.1) is 0 Å². The molecule has 1 heterocycles. The van der Waals surface area contributed by atoms with Crippen molar-refractivity contribution in [3.8, 4) is 22.3 Å². The van der Waals surface area contributed by atoms with Crippen LogP contribution in [0.5, 0.6) is 0 Å². The summed E-state index contributed by atoms with van der Waals surface area (Å²) >= 11 is 0. The maximum absolute atomic E-state index is 6.64. The van der Waals surface area contributed by atoms with Gasteiger partial charge >= 0.3 is 0 Å². The second-order valence-corrected chi connectivity index (χ2v) is 14.1. The molecule has 0 saturated carbocycles. The molecule has 0 spiro atoms. The second kappa shape index (κ2) is 12.2. The monoisotopic (exact) mass is 687 g/mol. The molecule has 0 amide bonds. The van der Waals surface area contributed by atoms with Crippen LogP contribution >= 0.6 is 0 Å². The molecule has 0 bridgehead atoms. The van der Waals surface area contributed by atoms with E-state index in [-0.39, 0.29) is 0 Å². The third-order valence-electron chi connectivity index (χ3n) is 11.0. The first-order valence-corrected chi connectivity index (χ1v) is 18.5. The Labute approximate surface area is 312 Å². The number of nitrogens with zero attached hydrogens (tertiary/aromatic N) is 1. The van der Waals surface area contributed by atoms with E-state index in [1.54, 1.807) is 0 Å². The van der Waals surface area contributed by atoms with E-state index in [1.165, 1.54) is 60.0 Å². The summed E-state index contributed by atoms with van der Waals surface area (Å²) in [5.41, 5.74) is 9.76. The standard InChI is InChI=1S/C52H33NO/c1-2-8-34(9-3-1)35-18-24-42(25-19-35)53(44-28-31-48-49-30-22-38-11-5-7-13-47(38)52(49)54-50(48)33-44)43-26-20-36(21-27-43)40-23-29-46-41(32-40)17-16-39-15-14-37-10-4-6-12-45(37)51(39)46/h1-33H. The van der Waals surface area contributed by atoms with Gasteiger partial charge in [-0.25, -0.2) is 0 Å². The Morgan fingerprint density at radius 2 is 0.796 bits per heavy atom. The molecule has 2 nitrogen and oxygen atoms in total. The molecular weight excluding hydrogens is 655 g/mol. The summed E-state index contributed by atoms with van der Waals surface area (Å²) in [5.74, 6) is 0. The topological polar surface area (TPSA) is 16.4 Å². The lowest BCUT2D eigenvalue weighted by Gasteiger charge is -2.26. The summed E-state index contributed by atoms with van der Waals surface area (Å²) in [7, 11) is 0. The molecule has 54 heavy (non-hydrogen) atoms. The third kappa shape index (κ3) is 4.96. The molecule has 11 rings (SSSR count). The van der Waals surface area contributed by atoms with Gasteiger partial charge in [0.25, 0.3) is 0 Å². The minimum absolute atomic E-state index is 0.873. The lowest BCUT2D eigenvalue weighted by molar-refractivity contribution is 0.672. The molecule has 1 aromatic heterocycles. The summed E-state index contributed by atoms with van der Waals surface area (Å²) in [6, 6.07) is 72.2. The van der Waals surface area contributed by atoms with Crippen molar-refractivity contribution in [3.63, 3.8) is 0 Å². The third-order valence-corrected chi connectivity index (χ3v) is 11.0. The first-order chi connectivity index (χ1) is 26.7. The molecular formula is C52H33NO. The smallest absolute Gasteiger partial charge is 0.143 e. The van der Waals surface area contributed by atoms with Crippen LogP contribution in [0.3, 0.4) is 0 Å². The minimum atomic E-state index is 0.873. The van der Waals surface area contributed by atoms with Crippen LogP contribution in [-0.2, 0) is 0 Å². The molecule has 0 fully saturated rings.